The molecule has 0 atom stereocenters. The summed E-state index contributed by atoms with van der Waals surface area (Å²) in [6.45, 7) is 1.70. The lowest BCUT2D eigenvalue weighted by atomic mass is 10.2. The van der Waals surface area contributed by atoms with Crippen LogP contribution < -0.4 is 0 Å². The average Bonchev–Trinajstić information content (AvgIpc) is 2.30. The van der Waals surface area contributed by atoms with Gasteiger partial charge in [-0.2, -0.15) is 0 Å². The van der Waals surface area contributed by atoms with Gasteiger partial charge < -0.3 is 9.80 Å². The van der Waals surface area contributed by atoms with Crippen LogP contribution in [0.3, 0.4) is 0 Å². The molecule has 0 heterocycles. The van der Waals surface area contributed by atoms with Gasteiger partial charge in [0.15, 0.2) is 0 Å². The molecule has 100 valence electrons. The monoisotopic (exact) mass is 332 g/mol. The van der Waals surface area contributed by atoms with Crippen molar-refractivity contribution in [2.45, 2.75) is 6.42 Å². The third-order valence-electron chi connectivity index (χ3n) is 2.60. The molecule has 0 aliphatic carbocycles. The summed E-state index contributed by atoms with van der Waals surface area (Å²) < 4.78 is 0.774. The minimum absolute atomic E-state index is 0.0110. The lowest BCUT2D eigenvalue weighted by molar-refractivity contribution is 0.0790. The second-order valence-electron chi connectivity index (χ2n) is 4.51. The van der Waals surface area contributed by atoms with E-state index in [1.165, 1.54) is 0 Å². The largest absolute Gasteiger partial charge is 0.342 e. The molecule has 1 amide bonds. The zero-order chi connectivity index (χ0) is 13.7. The Balaban J connectivity index is 2.65. The van der Waals surface area contributed by atoms with Crippen molar-refractivity contribution in [1.29, 1.82) is 0 Å². The molecule has 0 fully saturated rings. The van der Waals surface area contributed by atoms with Gasteiger partial charge in [-0.15, -0.1) is 0 Å². The molecule has 0 saturated heterocycles. The molecule has 5 heteroatoms. The van der Waals surface area contributed by atoms with E-state index in [1.807, 2.05) is 21.1 Å². The van der Waals surface area contributed by atoms with Crippen molar-refractivity contribution in [3.63, 3.8) is 0 Å². The molecule has 0 spiro atoms. The van der Waals surface area contributed by atoms with Gasteiger partial charge in [-0.05, 0) is 61.2 Å². The van der Waals surface area contributed by atoms with E-state index >= 15 is 0 Å². The van der Waals surface area contributed by atoms with E-state index in [9.17, 15) is 4.79 Å². The summed E-state index contributed by atoms with van der Waals surface area (Å²) in [6, 6.07) is 5.24. The highest BCUT2D eigenvalue weighted by molar-refractivity contribution is 9.10. The van der Waals surface area contributed by atoms with E-state index in [4.69, 9.17) is 11.6 Å². The summed E-state index contributed by atoms with van der Waals surface area (Å²) in [6.07, 6.45) is 0.952. The number of benzene rings is 1. The molecule has 3 nitrogen and oxygen atoms in total. The lowest BCUT2D eigenvalue weighted by Gasteiger charge is -2.19. The topological polar surface area (TPSA) is 23.6 Å². The van der Waals surface area contributed by atoms with Crippen LogP contribution >= 0.6 is 27.5 Å². The Hall–Kier alpha value is -0.580. The van der Waals surface area contributed by atoms with Crippen LogP contribution in [0.2, 0.25) is 5.02 Å². The van der Waals surface area contributed by atoms with Gasteiger partial charge in [0.05, 0.1) is 5.56 Å². The molecule has 18 heavy (non-hydrogen) atoms. The predicted molar refractivity (Wildman–Crippen MR) is 79.3 cm³/mol. The van der Waals surface area contributed by atoms with Gasteiger partial charge in [-0.3, -0.25) is 4.79 Å². The first-order valence-electron chi connectivity index (χ1n) is 5.77. The fourth-order valence-electron chi connectivity index (χ4n) is 1.59. The Morgan fingerprint density at radius 2 is 1.94 bits per heavy atom. The molecule has 0 aromatic heterocycles. The van der Waals surface area contributed by atoms with E-state index in [-0.39, 0.29) is 5.91 Å². The van der Waals surface area contributed by atoms with Crippen molar-refractivity contribution in [3.8, 4) is 0 Å². The Morgan fingerprint density at radius 1 is 1.28 bits per heavy atom. The third kappa shape index (κ3) is 4.59. The maximum atomic E-state index is 12.2. The summed E-state index contributed by atoms with van der Waals surface area (Å²) in [5.41, 5.74) is 0.606. The van der Waals surface area contributed by atoms with Gasteiger partial charge >= 0.3 is 0 Å². The molecule has 0 aliphatic rings. The van der Waals surface area contributed by atoms with Crippen molar-refractivity contribution in [2.75, 3.05) is 34.2 Å². The van der Waals surface area contributed by atoms with Crippen molar-refractivity contribution in [2.24, 2.45) is 0 Å². The highest BCUT2D eigenvalue weighted by Crippen LogP contribution is 2.22. The first kappa shape index (κ1) is 15.5. The van der Waals surface area contributed by atoms with Gasteiger partial charge in [-0.25, -0.2) is 0 Å². The molecular weight excluding hydrogens is 316 g/mol. The number of hydrogen-bond donors (Lipinski definition) is 0. The van der Waals surface area contributed by atoms with Gasteiger partial charge in [0, 0.05) is 23.1 Å². The molecule has 0 saturated carbocycles. The second kappa shape index (κ2) is 7.12. The minimum Gasteiger partial charge on any atom is -0.342 e. The van der Waals surface area contributed by atoms with Gasteiger partial charge in [0.1, 0.15) is 0 Å². The Morgan fingerprint density at radius 3 is 2.56 bits per heavy atom. The number of rotatable bonds is 5. The Labute approximate surface area is 122 Å². The van der Waals surface area contributed by atoms with Crippen LogP contribution in [0, 0.1) is 0 Å². The smallest absolute Gasteiger partial charge is 0.254 e. The number of halogens is 2. The summed E-state index contributed by atoms with van der Waals surface area (Å²) >= 11 is 9.29. The van der Waals surface area contributed by atoms with Gasteiger partial charge in [0.2, 0.25) is 0 Å². The number of carbonyl (C=O) groups excluding carboxylic acids is 1. The van der Waals surface area contributed by atoms with Crippen LogP contribution in [0.1, 0.15) is 16.8 Å². The minimum atomic E-state index is -0.0110. The predicted octanol–water partition coefficient (Wildman–Crippen LogP) is 3.13. The first-order valence-corrected chi connectivity index (χ1v) is 6.94. The fraction of sp³-hybridized carbons (Fsp3) is 0.462. The molecule has 1 aromatic rings. The Kier molecular flexibility index (Phi) is 6.12. The van der Waals surface area contributed by atoms with Crippen molar-refractivity contribution in [1.82, 2.24) is 9.80 Å². The van der Waals surface area contributed by atoms with Crippen LogP contribution in [0.4, 0.5) is 0 Å². The summed E-state index contributed by atoms with van der Waals surface area (Å²) in [4.78, 5) is 16.0. The molecule has 0 aliphatic heterocycles. The van der Waals surface area contributed by atoms with Crippen molar-refractivity contribution < 1.29 is 4.79 Å². The van der Waals surface area contributed by atoms with E-state index in [1.54, 1.807) is 23.1 Å². The van der Waals surface area contributed by atoms with Crippen molar-refractivity contribution >= 4 is 33.4 Å². The normalized spacial score (nSPS) is 10.8. The standard InChI is InChI=1S/C13H18BrClN2O/c1-16(2)7-4-8-17(3)13(18)11-9-10(15)5-6-12(11)14/h5-6,9H,4,7-8H2,1-3H3. The number of carbonyl (C=O) groups is 1. The van der Waals surface area contributed by atoms with Crippen LogP contribution in [0.15, 0.2) is 22.7 Å². The van der Waals surface area contributed by atoms with Crippen LogP contribution in [0.25, 0.3) is 0 Å². The average molecular weight is 334 g/mol. The van der Waals surface area contributed by atoms with E-state index in [2.05, 4.69) is 20.8 Å². The summed E-state index contributed by atoms with van der Waals surface area (Å²) in [5, 5.41) is 0.572. The zero-order valence-corrected chi connectivity index (χ0v) is 13.3. The fourth-order valence-corrected chi connectivity index (χ4v) is 2.18. The molecule has 1 aromatic carbocycles. The maximum absolute atomic E-state index is 12.2. The lowest BCUT2D eigenvalue weighted by Crippen LogP contribution is -2.30. The molecule has 0 N–H and O–H groups in total. The van der Waals surface area contributed by atoms with Gasteiger partial charge in [-0.1, -0.05) is 11.6 Å². The summed E-state index contributed by atoms with van der Waals surface area (Å²) in [5.74, 6) is -0.0110. The number of hydrogen-bond acceptors (Lipinski definition) is 2. The molecular formula is C13H18BrClN2O. The number of nitrogens with zero attached hydrogens (tertiary/aromatic N) is 2. The highest BCUT2D eigenvalue weighted by Gasteiger charge is 2.15. The highest BCUT2D eigenvalue weighted by atomic mass is 79.9. The maximum Gasteiger partial charge on any atom is 0.254 e. The van der Waals surface area contributed by atoms with E-state index in [0.717, 1.165) is 24.0 Å². The Bertz CT molecular complexity index is 423. The second-order valence-corrected chi connectivity index (χ2v) is 5.80. The van der Waals surface area contributed by atoms with Crippen LogP contribution in [-0.2, 0) is 0 Å². The quantitative estimate of drug-likeness (QED) is 0.826. The van der Waals surface area contributed by atoms with Crippen LogP contribution in [0.5, 0.6) is 0 Å². The molecule has 1 rings (SSSR count). The van der Waals surface area contributed by atoms with E-state index < -0.39 is 0 Å². The molecule has 0 unspecified atom stereocenters. The van der Waals surface area contributed by atoms with Crippen molar-refractivity contribution in [3.05, 3.63) is 33.3 Å². The zero-order valence-electron chi connectivity index (χ0n) is 10.9. The number of amides is 1. The SMILES string of the molecule is CN(C)CCCN(C)C(=O)c1cc(Cl)ccc1Br. The first-order chi connectivity index (χ1) is 8.41. The molecule has 0 radical (unpaired) electrons. The van der Waals surface area contributed by atoms with E-state index in [0.29, 0.717) is 10.6 Å². The van der Waals surface area contributed by atoms with Crippen LogP contribution in [-0.4, -0.2) is 49.9 Å². The van der Waals surface area contributed by atoms with Gasteiger partial charge in [0.25, 0.3) is 5.91 Å². The summed E-state index contributed by atoms with van der Waals surface area (Å²) in [7, 11) is 5.86. The third-order valence-corrected chi connectivity index (χ3v) is 3.53. The molecule has 0 bridgehead atoms.